The van der Waals surface area contributed by atoms with Crippen LogP contribution in [-0.4, -0.2) is 16.9 Å². The van der Waals surface area contributed by atoms with E-state index in [1.54, 1.807) is 22.7 Å². The summed E-state index contributed by atoms with van der Waals surface area (Å²) in [6, 6.07) is 4.22. The largest absolute Gasteiger partial charge is 0.253 e. The number of aromatic nitrogens is 1. The molecule has 0 bridgehead atoms. The van der Waals surface area contributed by atoms with Crippen molar-refractivity contribution in [3.63, 3.8) is 0 Å². The Hall–Kier alpha value is -1.46. The van der Waals surface area contributed by atoms with Crippen LogP contribution in [0.5, 0.6) is 0 Å². The van der Waals surface area contributed by atoms with Gasteiger partial charge in [-0.25, -0.2) is 4.68 Å². The molecule has 2 heterocycles. The highest BCUT2D eigenvalue weighted by Gasteiger charge is 2.16. The van der Waals surface area contributed by atoms with Crippen molar-refractivity contribution in [1.82, 2.24) is 4.68 Å². The van der Waals surface area contributed by atoms with Gasteiger partial charge in [0.15, 0.2) is 0 Å². The molecule has 1 atom stereocenters. The molecule has 0 spiro atoms. The molecular weight excluding hydrogens is 310 g/mol. The van der Waals surface area contributed by atoms with E-state index in [2.05, 4.69) is 41.4 Å². The molecular formula is C17H21N3S2. The average molecular weight is 332 g/mol. The van der Waals surface area contributed by atoms with E-state index in [1.165, 1.54) is 23.4 Å². The van der Waals surface area contributed by atoms with Gasteiger partial charge in [-0.3, -0.25) is 4.99 Å². The zero-order valence-corrected chi connectivity index (χ0v) is 14.5. The first-order chi connectivity index (χ1) is 10.8. The third-order valence-electron chi connectivity index (χ3n) is 3.80. The minimum atomic E-state index is 0.631. The minimum absolute atomic E-state index is 0.631. The Balaban J connectivity index is 2.04. The molecule has 3 nitrogen and oxygen atoms in total. The molecule has 1 aliphatic rings. The lowest BCUT2D eigenvalue weighted by Gasteiger charge is -2.19. The molecule has 1 unspecified atom stereocenters. The monoisotopic (exact) mass is 331 g/mol. The van der Waals surface area contributed by atoms with Crippen molar-refractivity contribution in [2.24, 2.45) is 16.0 Å². The van der Waals surface area contributed by atoms with E-state index < -0.39 is 0 Å². The summed E-state index contributed by atoms with van der Waals surface area (Å²) in [5, 5.41) is 9.22. The highest BCUT2D eigenvalue weighted by molar-refractivity contribution is 7.14. The van der Waals surface area contributed by atoms with Gasteiger partial charge in [-0.15, -0.1) is 29.3 Å². The van der Waals surface area contributed by atoms with E-state index in [0.717, 1.165) is 29.3 Å². The van der Waals surface area contributed by atoms with Crippen LogP contribution in [0.15, 0.2) is 45.6 Å². The van der Waals surface area contributed by atoms with Crippen molar-refractivity contribution in [1.29, 1.82) is 0 Å². The summed E-state index contributed by atoms with van der Waals surface area (Å²) in [5.41, 5.74) is 2.45. The summed E-state index contributed by atoms with van der Waals surface area (Å²) in [6.07, 6.45) is 6.60. The van der Waals surface area contributed by atoms with Gasteiger partial charge in [-0.2, -0.15) is 5.10 Å². The van der Waals surface area contributed by atoms with Gasteiger partial charge in [-0.05, 0) is 43.0 Å². The Morgan fingerprint density at radius 3 is 3.09 bits per heavy atom. The molecule has 0 amide bonds. The number of hydrogen-bond acceptors (Lipinski definition) is 4. The Morgan fingerprint density at radius 2 is 2.36 bits per heavy atom. The minimum Gasteiger partial charge on any atom is -0.253 e. The van der Waals surface area contributed by atoms with Crippen LogP contribution >= 0.6 is 22.7 Å². The molecule has 0 aromatic carbocycles. The normalized spacial score (nSPS) is 21.4. The van der Waals surface area contributed by atoms with E-state index in [0.29, 0.717) is 6.54 Å². The zero-order valence-electron chi connectivity index (χ0n) is 12.9. The fraction of sp³-hybridized carbons (Fsp3) is 0.412. The maximum absolute atomic E-state index is 4.96. The van der Waals surface area contributed by atoms with E-state index in [1.807, 2.05) is 10.8 Å². The highest BCUT2D eigenvalue weighted by atomic mass is 32.1. The fourth-order valence-electron chi connectivity index (χ4n) is 2.73. The molecule has 116 valence electrons. The highest BCUT2D eigenvalue weighted by Crippen LogP contribution is 2.26. The van der Waals surface area contributed by atoms with Crippen molar-refractivity contribution in [2.75, 3.05) is 6.54 Å². The van der Waals surface area contributed by atoms with Crippen LogP contribution in [-0.2, 0) is 0 Å². The van der Waals surface area contributed by atoms with Crippen molar-refractivity contribution in [2.45, 2.75) is 32.6 Å². The third kappa shape index (κ3) is 3.47. The smallest absolute Gasteiger partial charge is 0.206 e. The van der Waals surface area contributed by atoms with Crippen LogP contribution in [0.2, 0.25) is 0 Å². The fourth-order valence-corrected chi connectivity index (χ4v) is 4.37. The Morgan fingerprint density at radius 1 is 1.45 bits per heavy atom. The predicted molar refractivity (Wildman–Crippen MR) is 96.7 cm³/mol. The molecule has 0 aliphatic heterocycles. The van der Waals surface area contributed by atoms with Crippen LogP contribution in [0.4, 0.5) is 0 Å². The third-order valence-corrected chi connectivity index (χ3v) is 5.55. The second-order valence-electron chi connectivity index (χ2n) is 5.69. The molecule has 5 heteroatoms. The number of thiazole rings is 1. The Labute approximate surface area is 139 Å². The maximum Gasteiger partial charge on any atom is 0.206 e. The van der Waals surface area contributed by atoms with Crippen LogP contribution < -0.4 is 4.80 Å². The first-order valence-electron chi connectivity index (χ1n) is 7.70. The van der Waals surface area contributed by atoms with Gasteiger partial charge in [-0.1, -0.05) is 19.1 Å². The van der Waals surface area contributed by atoms with Crippen molar-refractivity contribution < 1.29 is 0 Å². The van der Waals surface area contributed by atoms with E-state index in [9.17, 15) is 0 Å². The van der Waals surface area contributed by atoms with Gasteiger partial charge in [0, 0.05) is 11.1 Å². The molecule has 0 saturated heterocycles. The lowest BCUT2D eigenvalue weighted by molar-refractivity contribution is 0.497. The number of hydrogen-bond donors (Lipinski definition) is 0. The summed E-state index contributed by atoms with van der Waals surface area (Å²) in [6.45, 7) is 6.70. The van der Waals surface area contributed by atoms with Crippen molar-refractivity contribution in [3.05, 3.63) is 40.3 Å². The second-order valence-corrected chi connectivity index (χ2v) is 7.47. The molecule has 1 saturated carbocycles. The SMILES string of the molecule is C=CCN=c1scc(-c2cccs2)n1N=C1CCCC(C)C1. The van der Waals surface area contributed by atoms with Gasteiger partial charge in [0.25, 0.3) is 0 Å². The van der Waals surface area contributed by atoms with Gasteiger partial charge in [0.05, 0.1) is 17.1 Å². The maximum atomic E-state index is 4.96. The molecule has 22 heavy (non-hydrogen) atoms. The second kappa shape index (κ2) is 7.20. The van der Waals surface area contributed by atoms with E-state index >= 15 is 0 Å². The molecule has 1 fully saturated rings. The summed E-state index contributed by atoms with van der Waals surface area (Å²) >= 11 is 3.40. The van der Waals surface area contributed by atoms with Crippen molar-refractivity contribution >= 4 is 28.4 Å². The quantitative estimate of drug-likeness (QED) is 0.722. The molecule has 3 rings (SSSR count). The molecule has 2 aromatic heterocycles. The van der Waals surface area contributed by atoms with Crippen LogP contribution in [0.25, 0.3) is 10.6 Å². The van der Waals surface area contributed by atoms with Gasteiger partial charge < -0.3 is 0 Å². The number of thiophene rings is 1. The average Bonchev–Trinajstić information content (AvgIpc) is 3.15. The predicted octanol–water partition coefficient (Wildman–Crippen LogP) is 4.78. The lowest BCUT2D eigenvalue weighted by Crippen LogP contribution is -2.18. The van der Waals surface area contributed by atoms with Gasteiger partial charge in [0.2, 0.25) is 4.80 Å². The summed E-state index contributed by atoms with van der Waals surface area (Å²) in [5.74, 6) is 0.741. The standard InChI is InChI=1S/C17H21N3S2/c1-3-9-18-17-20(19-14-7-4-6-13(2)11-14)15(12-22-17)16-8-5-10-21-16/h3,5,8,10,12-13H,1,4,6-7,9,11H2,2H3. The Bertz CT molecular complexity index is 719. The topological polar surface area (TPSA) is 29.6 Å². The van der Waals surface area contributed by atoms with Crippen LogP contribution in [0.3, 0.4) is 0 Å². The molecule has 2 aromatic rings. The summed E-state index contributed by atoms with van der Waals surface area (Å²) in [4.78, 5) is 6.79. The first kappa shape index (κ1) is 15.4. The molecule has 1 aliphatic carbocycles. The van der Waals surface area contributed by atoms with Gasteiger partial charge >= 0.3 is 0 Å². The lowest BCUT2D eigenvalue weighted by atomic mass is 9.89. The molecule has 0 radical (unpaired) electrons. The summed E-state index contributed by atoms with van der Waals surface area (Å²) in [7, 11) is 0. The number of nitrogens with zero attached hydrogens (tertiary/aromatic N) is 3. The Kier molecular flexibility index (Phi) is 5.05. The van der Waals surface area contributed by atoms with Crippen LogP contribution in [0, 0.1) is 5.92 Å². The van der Waals surface area contributed by atoms with Gasteiger partial charge in [0.1, 0.15) is 0 Å². The number of rotatable bonds is 4. The van der Waals surface area contributed by atoms with Crippen molar-refractivity contribution in [3.8, 4) is 10.6 Å². The first-order valence-corrected chi connectivity index (χ1v) is 9.46. The zero-order chi connectivity index (χ0) is 15.4. The van der Waals surface area contributed by atoms with Crippen LogP contribution in [0.1, 0.15) is 32.6 Å². The van der Waals surface area contributed by atoms with E-state index in [-0.39, 0.29) is 0 Å². The molecule has 0 N–H and O–H groups in total. The van der Waals surface area contributed by atoms with E-state index in [4.69, 9.17) is 5.10 Å². The summed E-state index contributed by atoms with van der Waals surface area (Å²) < 4.78 is 2.04.